The number of phenolic OH excluding ortho intramolecular Hbond substituents is 1. The van der Waals surface area contributed by atoms with Crippen LogP contribution in [0.15, 0.2) is 18.2 Å². The summed E-state index contributed by atoms with van der Waals surface area (Å²) in [7, 11) is 0. The van der Waals surface area contributed by atoms with Crippen molar-refractivity contribution in [3.8, 4) is 5.75 Å². The Bertz CT molecular complexity index is 428. The Morgan fingerprint density at radius 2 is 2.39 bits per heavy atom. The molecule has 1 aliphatic heterocycles. The van der Waals surface area contributed by atoms with Crippen molar-refractivity contribution < 1.29 is 14.6 Å². The zero-order valence-electron chi connectivity index (χ0n) is 10.2. The molecule has 5 nitrogen and oxygen atoms in total. The van der Waals surface area contributed by atoms with Crippen LogP contribution in [-0.2, 0) is 16.1 Å². The van der Waals surface area contributed by atoms with E-state index in [4.69, 9.17) is 10.5 Å². The Labute approximate surface area is 106 Å². The summed E-state index contributed by atoms with van der Waals surface area (Å²) in [5.74, 6) is 0.0304. The fourth-order valence-electron chi connectivity index (χ4n) is 2.02. The molecule has 98 valence electrons. The first-order valence-electron chi connectivity index (χ1n) is 6.09. The number of phenols is 1. The van der Waals surface area contributed by atoms with Gasteiger partial charge in [0, 0.05) is 24.4 Å². The van der Waals surface area contributed by atoms with Crippen molar-refractivity contribution >= 4 is 11.6 Å². The molecule has 1 saturated heterocycles. The number of amides is 1. The van der Waals surface area contributed by atoms with Gasteiger partial charge in [0.1, 0.15) is 5.75 Å². The highest BCUT2D eigenvalue weighted by Gasteiger charge is 2.21. The first-order chi connectivity index (χ1) is 8.66. The quantitative estimate of drug-likeness (QED) is 0.552. The Hall–Kier alpha value is -1.75. The molecule has 1 fully saturated rings. The molecule has 0 saturated carbocycles. The van der Waals surface area contributed by atoms with Crippen LogP contribution >= 0.6 is 0 Å². The molecule has 5 heteroatoms. The molecule has 4 N–H and O–H groups in total. The molecule has 2 rings (SSSR count). The van der Waals surface area contributed by atoms with Gasteiger partial charge in [-0.25, -0.2) is 0 Å². The number of rotatable bonds is 3. The minimum atomic E-state index is -0.0815. The Balaban J connectivity index is 1.90. The average Bonchev–Trinajstić information content (AvgIpc) is 2.40. The van der Waals surface area contributed by atoms with Crippen LogP contribution in [0.25, 0.3) is 0 Å². The lowest BCUT2D eigenvalue weighted by Crippen LogP contribution is -2.35. The third kappa shape index (κ3) is 3.13. The summed E-state index contributed by atoms with van der Waals surface area (Å²) in [5.41, 5.74) is 6.83. The van der Waals surface area contributed by atoms with E-state index in [1.165, 1.54) is 6.07 Å². The fourth-order valence-corrected chi connectivity index (χ4v) is 2.02. The van der Waals surface area contributed by atoms with E-state index in [1.807, 2.05) is 0 Å². The Kier molecular flexibility index (Phi) is 4.04. The second-order valence-electron chi connectivity index (χ2n) is 4.52. The second-order valence-corrected chi connectivity index (χ2v) is 4.52. The summed E-state index contributed by atoms with van der Waals surface area (Å²) in [6.07, 6.45) is 1.77. The third-order valence-corrected chi connectivity index (χ3v) is 3.09. The normalized spacial score (nSPS) is 19.4. The molecule has 1 atom stereocenters. The summed E-state index contributed by atoms with van der Waals surface area (Å²) in [4.78, 5) is 11.9. The number of carbonyl (C=O) groups is 1. The molecule has 0 radical (unpaired) electrons. The number of nitrogen functional groups attached to an aromatic ring is 1. The van der Waals surface area contributed by atoms with Gasteiger partial charge in [-0.3, -0.25) is 4.79 Å². The van der Waals surface area contributed by atoms with Gasteiger partial charge >= 0.3 is 0 Å². The first kappa shape index (κ1) is 12.7. The van der Waals surface area contributed by atoms with Crippen molar-refractivity contribution in [2.45, 2.75) is 19.4 Å². The smallest absolute Gasteiger partial charge is 0.225 e. The van der Waals surface area contributed by atoms with Gasteiger partial charge in [-0.1, -0.05) is 0 Å². The Morgan fingerprint density at radius 3 is 3.11 bits per heavy atom. The number of ether oxygens (including phenoxy) is 1. The highest BCUT2D eigenvalue weighted by atomic mass is 16.5. The zero-order valence-corrected chi connectivity index (χ0v) is 10.2. The van der Waals surface area contributed by atoms with Crippen molar-refractivity contribution in [1.82, 2.24) is 5.32 Å². The molecular formula is C13H18N2O3. The van der Waals surface area contributed by atoms with E-state index in [1.54, 1.807) is 12.1 Å². The van der Waals surface area contributed by atoms with E-state index >= 15 is 0 Å². The van der Waals surface area contributed by atoms with Gasteiger partial charge in [-0.05, 0) is 31.0 Å². The maximum atomic E-state index is 11.9. The van der Waals surface area contributed by atoms with Crippen LogP contribution < -0.4 is 11.1 Å². The van der Waals surface area contributed by atoms with Crippen molar-refractivity contribution in [2.24, 2.45) is 5.92 Å². The highest BCUT2D eigenvalue weighted by Crippen LogP contribution is 2.20. The number of nitrogens with one attached hydrogen (secondary N) is 1. The lowest BCUT2D eigenvalue weighted by atomic mass is 10.0. The van der Waals surface area contributed by atoms with Crippen LogP contribution in [0.3, 0.4) is 0 Å². The molecule has 0 aliphatic carbocycles. The topological polar surface area (TPSA) is 84.6 Å². The molecule has 1 amide bonds. The van der Waals surface area contributed by atoms with Gasteiger partial charge in [0.05, 0.1) is 12.5 Å². The summed E-state index contributed by atoms with van der Waals surface area (Å²) >= 11 is 0. The van der Waals surface area contributed by atoms with Gasteiger partial charge in [0.15, 0.2) is 0 Å². The molecule has 0 aromatic heterocycles. The monoisotopic (exact) mass is 250 g/mol. The van der Waals surface area contributed by atoms with Gasteiger partial charge in [0.2, 0.25) is 5.91 Å². The lowest BCUT2D eigenvalue weighted by Gasteiger charge is -2.21. The van der Waals surface area contributed by atoms with Crippen LogP contribution in [0.2, 0.25) is 0 Å². The molecule has 18 heavy (non-hydrogen) atoms. The fraction of sp³-hybridized carbons (Fsp3) is 0.462. The molecule has 1 aromatic carbocycles. The summed E-state index contributed by atoms with van der Waals surface area (Å²) < 4.78 is 5.27. The molecule has 0 spiro atoms. The highest BCUT2D eigenvalue weighted by molar-refractivity contribution is 5.78. The number of carbonyl (C=O) groups excluding carboxylic acids is 1. The summed E-state index contributed by atoms with van der Waals surface area (Å²) in [6, 6.07) is 4.81. The lowest BCUT2D eigenvalue weighted by molar-refractivity contribution is -0.129. The SMILES string of the molecule is Nc1ccc(O)c(CNC(=O)C2CCCOC2)c1. The van der Waals surface area contributed by atoms with Gasteiger partial charge < -0.3 is 20.9 Å². The molecule has 1 aliphatic rings. The van der Waals surface area contributed by atoms with Crippen LogP contribution in [0, 0.1) is 5.92 Å². The van der Waals surface area contributed by atoms with E-state index < -0.39 is 0 Å². The van der Waals surface area contributed by atoms with Crippen molar-refractivity contribution in [1.29, 1.82) is 0 Å². The van der Waals surface area contributed by atoms with Crippen LogP contribution in [0.5, 0.6) is 5.75 Å². The van der Waals surface area contributed by atoms with E-state index in [0.29, 0.717) is 17.9 Å². The number of benzene rings is 1. The molecule has 1 heterocycles. The summed E-state index contributed by atoms with van der Waals surface area (Å²) in [5, 5.41) is 12.4. The number of hydrogen-bond acceptors (Lipinski definition) is 4. The number of nitrogens with two attached hydrogens (primary N) is 1. The first-order valence-corrected chi connectivity index (χ1v) is 6.09. The van der Waals surface area contributed by atoms with Crippen LogP contribution in [-0.4, -0.2) is 24.2 Å². The molecular weight excluding hydrogens is 232 g/mol. The minimum absolute atomic E-state index is 0.0310. The minimum Gasteiger partial charge on any atom is -0.508 e. The Morgan fingerprint density at radius 1 is 1.56 bits per heavy atom. The van der Waals surface area contributed by atoms with Crippen LogP contribution in [0.1, 0.15) is 18.4 Å². The number of anilines is 1. The van der Waals surface area contributed by atoms with E-state index in [2.05, 4.69) is 5.32 Å². The predicted molar refractivity (Wildman–Crippen MR) is 67.9 cm³/mol. The summed E-state index contributed by atoms with van der Waals surface area (Å²) in [6.45, 7) is 1.50. The van der Waals surface area contributed by atoms with Crippen molar-refractivity contribution in [2.75, 3.05) is 18.9 Å². The largest absolute Gasteiger partial charge is 0.508 e. The molecule has 0 bridgehead atoms. The van der Waals surface area contributed by atoms with E-state index in [-0.39, 0.29) is 24.1 Å². The van der Waals surface area contributed by atoms with E-state index in [0.717, 1.165) is 19.4 Å². The maximum Gasteiger partial charge on any atom is 0.225 e. The number of hydrogen-bond donors (Lipinski definition) is 3. The standard InChI is InChI=1S/C13H18N2O3/c14-11-3-4-12(16)10(6-11)7-15-13(17)9-2-1-5-18-8-9/h3-4,6,9,16H,1-2,5,7-8,14H2,(H,15,17). The second kappa shape index (κ2) is 5.73. The number of aromatic hydroxyl groups is 1. The van der Waals surface area contributed by atoms with Gasteiger partial charge in [0.25, 0.3) is 0 Å². The van der Waals surface area contributed by atoms with Gasteiger partial charge in [-0.15, -0.1) is 0 Å². The maximum absolute atomic E-state index is 11.9. The molecule has 1 aromatic rings. The predicted octanol–water partition coefficient (Wildman–Crippen LogP) is 1.02. The zero-order chi connectivity index (χ0) is 13.0. The van der Waals surface area contributed by atoms with Crippen molar-refractivity contribution in [3.63, 3.8) is 0 Å². The molecule has 1 unspecified atom stereocenters. The van der Waals surface area contributed by atoms with Crippen LogP contribution in [0.4, 0.5) is 5.69 Å². The van der Waals surface area contributed by atoms with Crippen molar-refractivity contribution in [3.05, 3.63) is 23.8 Å². The third-order valence-electron chi connectivity index (χ3n) is 3.09. The van der Waals surface area contributed by atoms with Gasteiger partial charge in [-0.2, -0.15) is 0 Å². The van der Waals surface area contributed by atoms with E-state index in [9.17, 15) is 9.90 Å². The average molecular weight is 250 g/mol.